The van der Waals surface area contributed by atoms with Gasteiger partial charge in [-0.05, 0) is 75.1 Å². The van der Waals surface area contributed by atoms with E-state index in [-0.39, 0.29) is 36.0 Å². The lowest BCUT2D eigenvalue weighted by Gasteiger charge is -2.64. The first-order chi connectivity index (χ1) is 22.3. The molecule has 0 bridgehead atoms. The maximum Gasteiger partial charge on any atom is 0.339 e. The minimum atomic E-state index is -1.74. The van der Waals surface area contributed by atoms with Crippen molar-refractivity contribution in [1.82, 2.24) is 0 Å². The molecule has 2 aromatic rings. The van der Waals surface area contributed by atoms with Crippen LogP contribution in [0.2, 0.25) is 0 Å². The third kappa shape index (κ3) is 5.03. The number of allylic oxidation sites excluding steroid dienone is 4. The summed E-state index contributed by atoms with van der Waals surface area (Å²) in [6.45, 7) is 4.53. The van der Waals surface area contributed by atoms with Crippen molar-refractivity contribution in [1.29, 1.82) is 0 Å². The second-order valence-electron chi connectivity index (χ2n) is 13.9. The summed E-state index contributed by atoms with van der Waals surface area (Å²) in [5.41, 5.74) is -2.13. The summed E-state index contributed by atoms with van der Waals surface area (Å²) in [6.07, 6.45) is 5.61. The lowest BCUT2D eigenvalue weighted by molar-refractivity contribution is -0.179. The van der Waals surface area contributed by atoms with Crippen molar-refractivity contribution >= 4 is 40.9 Å². The largest absolute Gasteiger partial charge is 0.457 e. The highest BCUT2D eigenvalue weighted by Gasteiger charge is 2.74. The summed E-state index contributed by atoms with van der Waals surface area (Å²) in [5.74, 6) is -4.41. The summed E-state index contributed by atoms with van der Waals surface area (Å²) in [7, 11) is 0. The van der Waals surface area contributed by atoms with E-state index in [4.69, 9.17) is 21.1 Å². The second-order valence-corrected chi connectivity index (χ2v) is 14.5. The van der Waals surface area contributed by atoms with E-state index in [9.17, 15) is 29.1 Å². The number of aliphatic hydroxyl groups excluding tert-OH is 1. The number of rotatable bonds is 8. The molecule has 8 nitrogen and oxygen atoms in total. The first kappa shape index (κ1) is 33.0. The van der Waals surface area contributed by atoms with Crippen LogP contribution in [0.5, 0.6) is 0 Å². The average Bonchev–Trinajstić information content (AvgIpc) is 3.36. The Bertz CT molecular complexity index is 1680. The van der Waals surface area contributed by atoms with Crippen LogP contribution in [-0.4, -0.2) is 57.6 Å². The number of halogens is 1. The Labute approximate surface area is 279 Å². The molecule has 8 atom stereocenters. The number of hydrogen-bond acceptors (Lipinski definition) is 8. The van der Waals surface area contributed by atoms with Crippen LogP contribution in [0.15, 0.2) is 84.5 Å². The van der Waals surface area contributed by atoms with Gasteiger partial charge in [0.15, 0.2) is 23.8 Å². The lowest BCUT2D eigenvalue weighted by Crippen LogP contribution is -2.69. The number of benzene rings is 2. The van der Waals surface area contributed by atoms with Gasteiger partial charge in [-0.3, -0.25) is 19.2 Å². The average molecular weight is 659 g/mol. The number of alkyl halides is 1. The fourth-order valence-corrected chi connectivity index (χ4v) is 9.53. The normalized spacial score (nSPS) is 34.6. The molecule has 6 rings (SSSR count). The van der Waals surface area contributed by atoms with Crippen molar-refractivity contribution < 1.29 is 38.6 Å². The molecule has 0 aromatic heterocycles. The standard InChI is InChI=1S/C38H39ClO8/c1-23(32(43)24-10-6-4-7-11-24)33(44)46-22-31(42)37(47-34(45)25-12-8-5-9-13-25)19-17-28-29-15-14-26-20-27(40)16-18-35(26,2)38(29,39)30(41)21-36(28,37)3/h4-13,16,18,20,23,28-30,41H,14-15,17,19,21-22H2,1-3H3/t23?,28-,29-,30?,35-,36-,37-,38-/m0/s1. The zero-order chi connectivity index (χ0) is 33.8. The molecule has 0 saturated heterocycles. The van der Waals surface area contributed by atoms with Gasteiger partial charge >= 0.3 is 11.9 Å². The van der Waals surface area contributed by atoms with Gasteiger partial charge in [-0.25, -0.2) is 4.79 Å². The van der Waals surface area contributed by atoms with Crippen LogP contribution in [0.3, 0.4) is 0 Å². The Kier molecular flexibility index (Phi) is 8.42. The van der Waals surface area contributed by atoms with Crippen molar-refractivity contribution in [3.05, 3.63) is 95.6 Å². The molecule has 47 heavy (non-hydrogen) atoms. The summed E-state index contributed by atoms with van der Waals surface area (Å²) in [5, 5.41) is 12.0. The van der Waals surface area contributed by atoms with Gasteiger partial charge in [-0.1, -0.05) is 74.0 Å². The Balaban J connectivity index is 1.32. The van der Waals surface area contributed by atoms with E-state index in [0.717, 1.165) is 5.57 Å². The molecule has 0 radical (unpaired) electrons. The fourth-order valence-electron chi connectivity index (χ4n) is 9.01. The summed E-state index contributed by atoms with van der Waals surface area (Å²) < 4.78 is 11.7. The van der Waals surface area contributed by atoms with Gasteiger partial charge in [-0.2, -0.15) is 0 Å². The van der Waals surface area contributed by atoms with E-state index in [0.29, 0.717) is 24.8 Å². The van der Waals surface area contributed by atoms with E-state index < -0.39 is 63.4 Å². The van der Waals surface area contributed by atoms with Crippen molar-refractivity contribution in [2.45, 2.75) is 69.5 Å². The third-order valence-electron chi connectivity index (χ3n) is 11.6. The van der Waals surface area contributed by atoms with Crippen LogP contribution in [0.1, 0.15) is 73.6 Å². The number of carbonyl (C=O) groups is 5. The van der Waals surface area contributed by atoms with Crippen LogP contribution in [0, 0.1) is 28.6 Å². The first-order valence-electron chi connectivity index (χ1n) is 16.2. The molecule has 9 heteroatoms. The third-order valence-corrected chi connectivity index (χ3v) is 12.6. The quantitative estimate of drug-likeness (QED) is 0.162. The molecular formula is C38H39ClO8. The number of aliphatic hydroxyl groups is 1. The molecule has 2 unspecified atom stereocenters. The van der Waals surface area contributed by atoms with Gasteiger partial charge in [0.25, 0.3) is 0 Å². The van der Waals surface area contributed by atoms with Crippen LogP contribution in [0.25, 0.3) is 0 Å². The van der Waals surface area contributed by atoms with E-state index in [1.165, 1.54) is 13.0 Å². The summed E-state index contributed by atoms with van der Waals surface area (Å²) in [6, 6.07) is 16.7. The lowest BCUT2D eigenvalue weighted by atomic mass is 9.45. The number of ether oxygens (including phenoxy) is 2. The van der Waals surface area contributed by atoms with Gasteiger partial charge in [0, 0.05) is 16.4 Å². The molecular weight excluding hydrogens is 620 g/mol. The van der Waals surface area contributed by atoms with Crippen molar-refractivity contribution in [2.24, 2.45) is 28.6 Å². The highest BCUT2D eigenvalue weighted by Crippen LogP contribution is 2.71. The predicted octanol–water partition coefficient (Wildman–Crippen LogP) is 5.85. The van der Waals surface area contributed by atoms with E-state index in [1.54, 1.807) is 72.8 Å². The number of Topliss-reactive ketones (excluding diaryl/α,β-unsaturated/α-hetero) is 2. The monoisotopic (exact) mass is 658 g/mol. The van der Waals surface area contributed by atoms with Gasteiger partial charge in [-0.15, -0.1) is 11.6 Å². The molecule has 0 spiro atoms. The molecule has 3 fully saturated rings. The molecule has 0 heterocycles. The number of hydrogen-bond donors (Lipinski definition) is 1. The van der Waals surface area contributed by atoms with Gasteiger partial charge in [0.05, 0.1) is 16.5 Å². The fraction of sp³-hybridized carbons (Fsp3) is 0.447. The first-order valence-corrected chi connectivity index (χ1v) is 16.5. The van der Waals surface area contributed by atoms with E-state index >= 15 is 0 Å². The minimum absolute atomic E-state index is 0.0347. The summed E-state index contributed by atoms with van der Waals surface area (Å²) in [4.78, 5) is 65.2. The predicted molar refractivity (Wildman–Crippen MR) is 174 cm³/mol. The van der Waals surface area contributed by atoms with Crippen molar-refractivity contribution in [3.63, 3.8) is 0 Å². The molecule has 2 aromatic carbocycles. The summed E-state index contributed by atoms with van der Waals surface area (Å²) >= 11 is 7.56. The minimum Gasteiger partial charge on any atom is -0.457 e. The maximum absolute atomic E-state index is 14.4. The topological polar surface area (TPSA) is 124 Å². The van der Waals surface area contributed by atoms with Gasteiger partial charge < -0.3 is 14.6 Å². The number of fused-ring (bicyclic) bond motifs is 5. The van der Waals surface area contributed by atoms with E-state index in [1.807, 2.05) is 13.8 Å². The van der Waals surface area contributed by atoms with Gasteiger partial charge in [0.2, 0.25) is 5.78 Å². The smallest absolute Gasteiger partial charge is 0.339 e. The second kappa shape index (κ2) is 12.0. The zero-order valence-corrected chi connectivity index (χ0v) is 27.5. The number of esters is 2. The molecule has 0 aliphatic heterocycles. The Morgan fingerprint density at radius 3 is 2.26 bits per heavy atom. The highest BCUT2D eigenvalue weighted by molar-refractivity contribution is 6.26. The SMILES string of the molecule is CC(C(=O)OCC(=O)[C@@]1(OC(=O)c2ccccc2)CC[C@H]2[C@@H]3CCC4=CC(=O)C=C[C@]4(C)[C@@]3(Cl)C(O)C[C@@]21C)C(=O)c1ccccc1. The zero-order valence-electron chi connectivity index (χ0n) is 26.7. The van der Waals surface area contributed by atoms with Crippen molar-refractivity contribution in [2.75, 3.05) is 6.61 Å². The van der Waals surface area contributed by atoms with Gasteiger partial charge in [0.1, 0.15) is 5.92 Å². The Hall–Kier alpha value is -3.88. The highest BCUT2D eigenvalue weighted by atomic mass is 35.5. The number of ketones is 3. The van der Waals surface area contributed by atoms with Crippen molar-refractivity contribution in [3.8, 4) is 0 Å². The van der Waals surface area contributed by atoms with Crippen LogP contribution < -0.4 is 0 Å². The van der Waals surface area contributed by atoms with E-state index in [2.05, 4.69) is 0 Å². The van der Waals surface area contributed by atoms with Crippen LogP contribution >= 0.6 is 11.6 Å². The maximum atomic E-state index is 14.4. The molecule has 0 amide bonds. The molecule has 4 aliphatic rings. The van der Waals surface area contributed by atoms with Crippen LogP contribution in [0.4, 0.5) is 0 Å². The molecule has 3 saturated carbocycles. The molecule has 1 N–H and O–H groups in total. The van der Waals surface area contributed by atoms with Crippen LogP contribution in [-0.2, 0) is 23.9 Å². The molecule has 4 aliphatic carbocycles. The number of carbonyl (C=O) groups excluding carboxylic acids is 5. The Morgan fingerprint density at radius 1 is 0.957 bits per heavy atom. The Morgan fingerprint density at radius 2 is 1.60 bits per heavy atom. The molecule has 246 valence electrons.